The number of rotatable bonds is 5. The molecule has 1 fully saturated rings. The van der Waals surface area contributed by atoms with E-state index in [1.807, 2.05) is 26.0 Å². The number of halogens is 1. The number of pyridine rings is 1. The average molecular weight is 357 g/mol. The third-order valence-corrected chi connectivity index (χ3v) is 4.04. The number of ether oxygens (including phenoxy) is 1. The Balaban J connectivity index is 0.00000288. The van der Waals surface area contributed by atoms with E-state index < -0.39 is 6.04 Å². The molecule has 0 aliphatic carbocycles. The number of hydrogen-bond donors (Lipinski definition) is 2. The van der Waals surface area contributed by atoms with Gasteiger partial charge in [0.2, 0.25) is 5.91 Å². The molecule has 24 heavy (non-hydrogen) atoms. The molecule has 1 aromatic rings. The van der Waals surface area contributed by atoms with Gasteiger partial charge in [0.25, 0.3) is 0 Å². The molecule has 0 aromatic carbocycles. The highest BCUT2D eigenvalue weighted by atomic mass is 35.5. The summed E-state index contributed by atoms with van der Waals surface area (Å²) in [5.74, 6) is 0.946. The van der Waals surface area contributed by atoms with Crippen molar-refractivity contribution in [2.45, 2.75) is 52.5 Å². The summed E-state index contributed by atoms with van der Waals surface area (Å²) in [5, 5.41) is 2.86. The van der Waals surface area contributed by atoms with Gasteiger partial charge in [0.15, 0.2) is 0 Å². The van der Waals surface area contributed by atoms with Crippen LogP contribution in [0.5, 0.6) is 0 Å². The van der Waals surface area contributed by atoms with Crippen LogP contribution in [0.15, 0.2) is 18.3 Å². The highest BCUT2D eigenvalue weighted by Gasteiger charge is 2.23. The van der Waals surface area contributed by atoms with Gasteiger partial charge in [-0.1, -0.05) is 19.9 Å². The largest absolute Gasteiger partial charge is 0.372 e. The van der Waals surface area contributed by atoms with Gasteiger partial charge in [0.05, 0.1) is 18.2 Å². The van der Waals surface area contributed by atoms with E-state index in [1.165, 1.54) is 0 Å². The van der Waals surface area contributed by atoms with Crippen molar-refractivity contribution in [2.75, 3.05) is 18.0 Å². The molecule has 2 rings (SSSR count). The molecule has 2 heterocycles. The first kappa shape index (κ1) is 20.7. The second-order valence-corrected chi connectivity index (χ2v) is 6.67. The molecule has 2 unspecified atom stereocenters. The smallest absolute Gasteiger partial charge is 0.237 e. The third kappa shape index (κ3) is 5.61. The highest BCUT2D eigenvalue weighted by Crippen LogP contribution is 2.18. The molecule has 1 amide bonds. The summed E-state index contributed by atoms with van der Waals surface area (Å²) >= 11 is 0. The first-order chi connectivity index (χ1) is 10.9. The van der Waals surface area contributed by atoms with Gasteiger partial charge >= 0.3 is 0 Å². The second-order valence-electron chi connectivity index (χ2n) is 6.67. The summed E-state index contributed by atoms with van der Waals surface area (Å²) in [7, 11) is 0. The van der Waals surface area contributed by atoms with Crippen LogP contribution in [0.2, 0.25) is 0 Å². The number of aromatic nitrogens is 1. The van der Waals surface area contributed by atoms with Crippen LogP contribution in [-0.2, 0) is 16.1 Å². The molecule has 1 aliphatic rings. The molecular weight excluding hydrogens is 328 g/mol. The van der Waals surface area contributed by atoms with Crippen molar-refractivity contribution in [3.05, 3.63) is 23.9 Å². The fourth-order valence-electron chi connectivity index (χ4n) is 2.68. The number of nitrogens with zero attached hydrogens (tertiary/aromatic N) is 2. The molecule has 6 nitrogen and oxygen atoms in total. The topological polar surface area (TPSA) is 80.5 Å². The molecule has 136 valence electrons. The van der Waals surface area contributed by atoms with Crippen molar-refractivity contribution in [3.63, 3.8) is 0 Å². The number of nitrogens with two attached hydrogens (primary N) is 1. The van der Waals surface area contributed by atoms with E-state index in [-0.39, 0.29) is 36.4 Å². The van der Waals surface area contributed by atoms with E-state index >= 15 is 0 Å². The van der Waals surface area contributed by atoms with Crippen molar-refractivity contribution in [1.82, 2.24) is 10.3 Å². The SMILES string of the molecule is CC1CN(c2ccc(CNC(=O)[C@@H](N)C(C)C)cn2)CC(C)O1.Cl. The molecule has 3 N–H and O–H groups in total. The molecule has 0 saturated carbocycles. The van der Waals surface area contributed by atoms with E-state index in [4.69, 9.17) is 10.5 Å². The number of anilines is 1. The fraction of sp³-hybridized carbons (Fsp3) is 0.647. The van der Waals surface area contributed by atoms with Gasteiger partial charge in [-0.25, -0.2) is 4.98 Å². The van der Waals surface area contributed by atoms with E-state index in [2.05, 4.69) is 29.0 Å². The van der Waals surface area contributed by atoms with E-state index in [0.29, 0.717) is 6.54 Å². The molecular formula is C17H29ClN4O2. The van der Waals surface area contributed by atoms with E-state index in [1.54, 1.807) is 6.20 Å². The van der Waals surface area contributed by atoms with Gasteiger partial charge in [-0.3, -0.25) is 4.79 Å². The van der Waals surface area contributed by atoms with Crippen LogP contribution in [0, 0.1) is 5.92 Å². The van der Waals surface area contributed by atoms with Crippen LogP contribution in [0.4, 0.5) is 5.82 Å². The quantitative estimate of drug-likeness (QED) is 0.839. The second kappa shape index (κ2) is 9.20. The first-order valence-electron chi connectivity index (χ1n) is 8.25. The van der Waals surface area contributed by atoms with Crippen LogP contribution >= 0.6 is 12.4 Å². The lowest BCUT2D eigenvalue weighted by atomic mass is 10.1. The molecule has 3 atom stereocenters. The number of nitrogens with one attached hydrogen (secondary N) is 1. The monoisotopic (exact) mass is 356 g/mol. The van der Waals surface area contributed by atoms with Crippen LogP contribution in [0.3, 0.4) is 0 Å². The van der Waals surface area contributed by atoms with Gasteiger partial charge in [-0.15, -0.1) is 12.4 Å². The number of carbonyl (C=O) groups is 1. The fourth-order valence-corrected chi connectivity index (χ4v) is 2.68. The Morgan fingerprint density at radius 2 is 2.00 bits per heavy atom. The summed E-state index contributed by atoms with van der Waals surface area (Å²) in [6.07, 6.45) is 2.22. The maximum Gasteiger partial charge on any atom is 0.237 e. The molecule has 1 saturated heterocycles. The Morgan fingerprint density at radius 3 is 2.50 bits per heavy atom. The molecule has 1 aromatic heterocycles. The Hall–Kier alpha value is -1.37. The lowest BCUT2D eigenvalue weighted by Crippen LogP contribution is -2.45. The minimum absolute atomic E-state index is 0. The zero-order chi connectivity index (χ0) is 17.0. The zero-order valence-corrected chi connectivity index (χ0v) is 15.7. The van der Waals surface area contributed by atoms with Crippen molar-refractivity contribution in [3.8, 4) is 0 Å². The van der Waals surface area contributed by atoms with Gasteiger partial charge in [0.1, 0.15) is 5.82 Å². The van der Waals surface area contributed by atoms with Gasteiger partial charge in [-0.05, 0) is 31.4 Å². The lowest BCUT2D eigenvalue weighted by molar-refractivity contribution is -0.123. The first-order valence-corrected chi connectivity index (χ1v) is 8.25. The van der Waals surface area contributed by atoms with Crippen LogP contribution in [0.1, 0.15) is 33.3 Å². The van der Waals surface area contributed by atoms with Crippen LogP contribution in [0.25, 0.3) is 0 Å². The highest BCUT2D eigenvalue weighted by molar-refractivity contribution is 5.85. The predicted octanol–water partition coefficient (Wildman–Crippen LogP) is 1.72. The van der Waals surface area contributed by atoms with E-state index in [0.717, 1.165) is 24.5 Å². The van der Waals surface area contributed by atoms with Crippen molar-refractivity contribution in [1.29, 1.82) is 0 Å². The summed E-state index contributed by atoms with van der Waals surface area (Å²) in [6.45, 7) is 10.2. The van der Waals surface area contributed by atoms with E-state index in [9.17, 15) is 4.79 Å². The Kier molecular flexibility index (Phi) is 7.93. The average Bonchev–Trinajstić information content (AvgIpc) is 2.51. The van der Waals surface area contributed by atoms with Crippen molar-refractivity contribution < 1.29 is 9.53 Å². The van der Waals surface area contributed by atoms with Crippen molar-refractivity contribution in [2.24, 2.45) is 11.7 Å². The summed E-state index contributed by atoms with van der Waals surface area (Å²) in [4.78, 5) is 18.6. The number of carbonyl (C=O) groups excluding carboxylic acids is 1. The summed E-state index contributed by atoms with van der Waals surface area (Å²) in [6, 6.07) is 3.52. The van der Waals surface area contributed by atoms with Crippen LogP contribution < -0.4 is 16.0 Å². The number of morpholine rings is 1. The normalized spacial score (nSPS) is 22.0. The molecule has 0 bridgehead atoms. The summed E-state index contributed by atoms with van der Waals surface area (Å²) in [5.41, 5.74) is 6.79. The Morgan fingerprint density at radius 1 is 1.38 bits per heavy atom. The molecule has 1 aliphatic heterocycles. The predicted molar refractivity (Wildman–Crippen MR) is 98.4 cm³/mol. The maximum atomic E-state index is 11.9. The number of hydrogen-bond acceptors (Lipinski definition) is 5. The molecule has 0 spiro atoms. The van der Waals surface area contributed by atoms with Gasteiger partial charge in [0, 0.05) is 25.8 Å². The van der Waals surface area contributed by atoms with Crippen molar-refractivity contribution >= 4 is 24.1 Å². The third-order valence-electron chi connectivity index (χ3n) is 4.04. The number of amides is 1. The van der Waals surface area contributed by atoms with Gasteiger partial charge < -0.3 is 20.7 Å². The zero-order valence-electron chi connectivity index (χ0n) is 14.9. The molecule has 7 heteroatoms. The summed E-state index contributed by atoms with van der Waals surface area (Å²) < 4.78 is 5.74. The van der Waals surface area contributed by atoms with Crippen LogP contribution in [-0.4, -0.2) is 42.2 Å². The lowest BCUT2D eigenvalue weighted by Gasteiger charge is -2.36. The minimum Gasteiger partial charge on any atom is -0.372 e. The Labute approximate surface area is 150 Å². The minimum atomic E-state index is -0.474. The molecule has 0 radical (unpaired) electrons. The standard InChI is InChI=1S/C17H28N4O2.ClH/c1-11(2)16(18)17(22)20-8-14-5-6-15(19-7-14)21-9-12(3)23-13(4)10-21;/h5-7,11-13,16H,8-10,18H2,1-4H3,(H,20,22);1H/t12?,13?,16-;/m0./s1. The van der Waals surface area contributed by atoms with Gasteiger partial charge in [-0.2, -0.15) is 0 Å². The Bertz CT molecular complexity index is 514. The maximum absolute atomic E-state index is 11.9.